The zero-order chi connectivity index (χ0) is 14.5. The molecule has 0 rings (SSSR count). The van der Waals surface area contributed by atoms with Gasteiger partial charge in [-0.2, -0.15) is 0 Å². The fraction of sp³-hybridized carbons (Fsp3) is 0.714. The van der Waals surface area contributed by atoms with Gasteiger partial charge >= 0.3 is 11.9 Å². The third-order valence-corrected chi connectivity index (χ3v) is 2.58. The lowest BCUT2D eigenvalue weighted by Gasteiger charge is -2.33. The van der Waals surface area contributed by atoms with Gasteiger partial charge in [0.1, 0.15) is 11.7 Å². The molecule has 0 spiro atoms. The zero-order valence-corrected chi connectivity index (χ0v) is 12.2. The lowest BCUT2D eigenvalue weighted by atomic mass is 9.98. The van der Waals surface area contributed by atoms with Crippen molar-refractivity contribution in [1.29, 1.82) is 0 Å². The van der Waals surface area contributed by atoms with E-state index in [1.54, 1.807) is 34.6 Å². The van der Waals surface area contributed by atoms with E-state index >= 15 is 0 Å². The van der Waals surface area contributed by atoms with Crippen molar-refractivity contribution in [2.24, 2.45) is 5.92 Å². The third-order valence-electron chi connectivity index (χ3n) is 2.58. The quantitative estimate of drug-likeness (QED) is 0.541. The summed E-state index contributed by atoms with van der Waals surface area (Å²) in [6, 6.07) is 0. The molecule has 0 saturated carbocycles. The third kappa shape index (κ3) is 4.90. The predicted molar refractivity (Wildman–Crippen MR) is 70.0 cm³/mol. The van der Waals surface area contributed by atoms with Crippen molar-refractivity contribution in [3.8, 4) is 0 Å². The van der Waals surface area contributed by atoms with Crippen LogP contribution in [-0.2, 0) is 19.1 Å². The standard InChI is InChI=1S/C14H24O4/c1-8-11(17-12(15)9(2)3)14(6,7)18-13(16)10(4)5/h10-11H,2,8H2,1,3-7H3. The summed E-state index contributed by atoms with van der Waals surface area (Å²) >= 11 is 0. The normalized spacial score (nSPS) is 13.1. The van der Waals surface area contributed by atoms with E-state index in [9.17, 15) is 9.59 Å². The van der Waals surface area contributed by atoms with Crippen LogP contribution in [0.25, 0.3) is 0 Å². The monoisotopic (exact) mass is 256 g/mol. The van der Waals surface area contributed by atoms with Crippen LogP contribution in [0.2, 0.25) is 0 Å². The van der Waals surface area contributed by atoms with E-state index in [0.29, 0.717) is 12.0 Å². The van der Waals surface area contributed by atoms with Gasteiger partial charge < -0.3 is 9.47 Å². The average Bonchev–Trinajstić information content (AvgIpc) is 2.23. The van der Waals surface area contributed by atoms with Gasteiger partial charge in [-0.3, -0.25) is 4.79 Å². The Bertz CT molecular complexity index is 329. The maximum absolute atomic E-state index is 11.6. The molecule has 0 saturated heterocycles. The predicted octanol–water partition coefficient (Wildman–Crippen LogP) is 2.86. The summed E-state index contributed by atoms with van der Waals surface area (Å²) in [6.45, 7) is 14.0. The fourth-order valence-electron chi connectivity index (χ4n) is 1.39. The lowest BCUT2D eigenvalue weighted by molar-refractivity contribution is -0.182. The maximum atomic E-state index is 11.6. The molecule has 0 amide bonds. The number of esters is 2. The second kappa shape index (κ2) is 6.57. The van der Waals surface area contributed by atoms with Gasteiger partial charge in [0.2, 0.25) is 0 Å². The molecular weight excluding hydrogens is 232 g/mol. The van der Waals surface area contributed by atoms with Gasteiger partial charge in [0, 0.05) is 5.57 Å². The van der Waals surface area contributed by atoms with Crippen LogP contribution in [-0.4, -0.2) is 23.6 Å². The van der Waals surface area contributed by atoms with Crippen molar-refractivity contribution in [1.82, 2.24) is 0 Å². The first-order chi connectivity index (χ1) is 8.11. The Balaban J connectivity index is 4.76. The van der Waals surface area contributed by atoms with Crippen molar-refractivity contribution in [3.63, 3.8) is 0 Å². The Morgan fingerprint density at radius 2 is 1.78 bits per heavy atom. The minimum atomic E-state index is -0.846. The second-order valence-corrected chi connectivity index (χ2v) is 5.26. The Kier molecular flexibility index (Phi) is 6.09. The van der Waals surface area contributed by atoms with Gasteiger partial charge in [-0.15, -0.1) is 0 Å². The Morgan fingerprint density at radius 3 is 2.11 bits per heavy atom. The number of carbonyl (C=O) groups is 2. The molecule has 0 heterocycles. The molecule has 0 bridgehead atoms. The van der Waals surface area contributed by atoms with Gasteiger partial charge in [-0.1, -0.05) is 27.4 Å². The molecule has 0 aliphatic rings. The van der Waals surface area contributed by atoms with Crippen LogP contribution in [0.3, 0.4) is 0 Å². The Labute approximate surface area is 109 Å². The van der Waals surface area contributed by atoms with Gasteiger partial charge in [-0.05, 0) is 27.2 Å². The summed E-state index contributed by atoms with van der Waals surface area (Å²) in [7, 11) is 0. The molecule has 0 radical (unpaired) electrons. The molecule has 0 aromatic rings. The van der Waals surface area contributed by atoms with Crippen LogP contribution in [0.4, 0.5) is 0 Å². The van der Waals surface area contributed by atoms with Gasteiger partial charge in [0.05, 0.1) is 5.92 Å². The highest BCUT2D eigenvalue weighted by molar-refractivity contribution is 5.87. The van der Waals surface area contributed by atoms with E-state index in [1.165, 1.54) is 0 Å². The van der Waals surface area contributed by atoms with E-state index in [-0.39, 0.29) is 11.9 Å². The summed E-state index contributed by atoms with van der Waals surface area (Å²) in [5.74, 6) is -0.973. The Morgan fingerprint density at radius 1 is 1.28 bits per heavy atom. The highest BCUT2D eigenvalue weighted by atomic mass is 16.6. The zero-order valence-electron chi connectivity index (χ0n) is 12.2. The topological polar surface area (TPSA) is 52.6 Å². The average molecular weight is 256 g/mol. The van der Waals surface area contributed by atoms with Crippen molar-refractivity contribution >= 4 is 11.9 Å². The van der Waals surface area contributed by atoms with Gasteiger partial charge in [0.15, 0.2) is 0 Å². The van der Waals surface area contributed by atoms with Gasteiger partial charge in [0.25, 0.3) is 0 Å². The van der Waals surface area contributed by atoms with Crippen molar-refractivity contribution in [2.75, 3.05) is 0 Å². The summed E-state index contributed by atoms with van der Waals surface area (Å²) in [4.78, 5) is 23.1. The van der Waals surface area contributed by atoms with Crippen LogP contribution in [0.15, 0.2) is 12.2 Å². The van der Waals surface area contributed by atoms with E-state index in [2.05, 4.69) is 6.58 Å². The first-order valence-corrected chi connectivity index (χ1v) is 6.21. The highest BCUT2D eigenvalue weighted by Gasteiger charge is 2.35. The summed E-state index contributed by atoms with van der Waals surface area (Å²) < 4.78 is 10.7. The Hall–Kier alpha value is -1.32. The molecule has 1 atom stereocenters. The molecule has 4 heteroatoms. The maximum Gasteiger partial charge on any atom is 0.333 e. The molecule has 1 unspecified atom stereocenters. The van der Waals surface area contributed by atoms with Crippen molar-refractivity contribution < 1.29 is 19.1 Å². The largest absolute Gasteiger partial charge is 0.456 e. The highest BCUT2D eigenvalue weighted by Crippen LogP contribution is 2.23. The molecular formula is C14H24O4. The van der Waals surface area contributed by atoms with Crippen molar-refractivity contribution in [2.45, 2.75) is 59.7 Å². The molecule has 0 aromatic heterocycles. The van der Waals surface area contributed by atoms with Crippen LogP contribution in [0.1, 0.15) is 48.0 Å². The second-order valence-electron chi connectivity index (χ2n) is 5.26. The lowest BCUT2D eigenvalue weighted by Crippen LogP contribution is -2.44. The van der Waals surface area contributed by atoms with Crippen LogP contribution >= 0.6 is 0 Å². The number of rotatable bonds is 6. The van der Waals surface area contributed by atoms with Gasteiger partial charge in [-0.25, -0.2) is 4.79 Å². The van der Waals surface area contributed by atoms with E-state index in [4.69, 9.17) is 9.47 Å². The number of carbonyl (C=O) groups excluding carboxylic acids is 2. The molecule has 4 nitrogen and oxygen atoms in total. The smallest absolute Gasteiger partial charge is 0.333 e. The molecule has 0 aromatic carbocycles. The van der Waals surface area contributed by atoms with Crippen molar-refractivity contribution in [3.05, 3.63) is 12.2 Å². The van der Waals surface area contributed by atoms with E-state index in [1.807, 2.05) is 6.92 Å². The molecule has 0 fully saturated rings. The number of ether oxygens (including phenoxy) is 2. The van der Waals surface area contributed by atoms with Crippen LogP contribution in [0, 0.1) is 5.92 Å². The molecule has 104 valence electrons. The summed E-state index contributed by atoms with van der Waals surface area (Å²) in [5.41, 5.74) is -0.513. The van der Waals surface area contributed by atoms with E-state index < -0.39 is 17.7 Å². The molecule has 0 aliphatic carbocycles. The SMILES string of the molecule is C=C(C)C(=O)OC(CC)C(C)(C)OC(=O)C(C)C. The summed E-state index contributed by atoms with van der Waals surface area (Å²) in [6.07, 6.45) is 0.0848. The molecule has 0 N–H and O–H groups in total. The number of hydrogen-bond donors (Lipinski definition) is 0. The van der Waals surface area contributed by atoms with Crippen LogP contribution in [0.5, 0.6) is 0 Å². The number of hydrogen-bond acceptors (Lipinski definition) is 4. The minimum absolute atomic E-state index is 0.210. The summed E-state index contributed by atoms with van der Waals surface area (Å²) in [5, 5.41) is 0. The fourth-order valence-corrected chi connectivity index (χ4v) is 1.39. The first kappa shape index (κ1) is 16.7. The first-order valence-electron chi connectivity index (χ1n) is 6.21. The van der Waals surface area contributed by atoms with E-state index in [0.717, 1.165) is 0 Å². The molecule has 0 aliphatic heterocycles. The molecule has 18 heavy (non-hydrogen) atoms. The minimum Gasteiger partial charge on any atom is -0.456 e. The van der Waals surface area contributed by atoms with Crippen LogP contribution < -0.4 is 0 Å².